The molecule has 4 nitrogen and oxygen atoms in total. The molecule has 0 aromatic carbocycles. The van der Waals surface area contributed by atoms with E-state index in [1.165, 1.54) is 250 Å². The molecule has 2 unspecified atom stereocenters. The van der Waals surface area contributed by atoms with Gasteiger partial charge < -0.3 is 15.5 Å². The number of aliphatic hydroxyl groups is 2. The van der Waals surface area contributed by atoms with Gasteiger partial charge >= 0.3 is 0 Å². The first-order chi connectivity index (χ1) is 42.7. The zero-order chi connectivity index (χ0) is 61.9. The van der Waals surface area contributed by atoms with Crippen molar-refractivity contribution in [1.82, 2.24) is 5.32 Å². The molecule has 1 amide bonds. The van der Waals surface area contributed by atoms with Crippen LogP contribution < -0.4 is 5.32 Å². The summed E-state index contributed by atoms with van der Waals surface area (Å²) in [6.45, 7) is 4.20. The van der Waals surface area contributed by atoms with Crippen molar-refractivity contribution in [1.29, 1.82) is 0 Å². The van der Waals surface area contributed by atoms with Gasteiger partial charge in [0.15, 0.2) is 0 Å². The zero-order valence-corrected chi connectivity index (χ0v) is 57.0. The number of rotatable bonds is 68. The monoisotopic (exact) mass is 1190 g/mol. The molecule has 86 heavy (non-hydrogen) atoms. The van der Waals surface area contributed by atoms with E-state index in [-0.39, 0.29) is 12.5 Å². The lowest BCUT2D eigenvalue weighted by Gasteiger charge is -2.19. The predicted octanol–water partition coefficient (Wildman–Crippen LogP) is 26.0. The Morgan fingerprint density at radius 3 is 0.814 bits per heavy atom. The minimum absolute atomic E-state index is 0.0779. The van der Waals surface area contributed by atoms with Crippen molar-refractivity contribution in [3.63, 3.8) is 0 Å². The molecule has 3 N–H and O–H groups in total. The van der Waals surface area contributed by atoms with Gasteiger partial charge in [-0.2, -0.15) is 0 Å². The second-order valence-corrected chi connectivity index (χ2v) is 25.0. The lowest BCUT2D eigenvalue weighted by atomic mass is 10.0. The van der Waals surface area contributed by atoms with Gasteiger partial charge in [-0.25, -0.2) is 0 Å². The van der Waals surface area contributed by atoms with Crippen LogP contribution in [0.15, 0.2) is 134 Å². The fourth-order valence-corrected chi connectivity index (χ4v) is 11.0. The third-order valence-electron chi connectivity index (χ3n) is 16.6. The van der Waals surface area contributed by atoms with Crippen molar-refractivity contribution in [3.05, 3.63) is 134 Å². The van der Waals surface area contributed by atoms with Crippen LogP contribution in [-0.2, 0) is 4.79 Å². The molecule has 0 fully saturated rings. The molecule has 0 spiro atoms. The summed E-state index contributed by atoms with van der Waals surface area (Å²) in [6, 6.07) is -0.655. The largest absolute Gasteiger partial charge is 0.394 e. The summed E-state index contributed by atoms with van der Waals surface area (Å²) in [5, 5.41) is 23.3. The van der Waals surface area contributed by atoms with Crippen LogP contribution >= 0.6 is 0 Å². The van der Waals surface area contributed by atoms with E-state index in [0.29, 0.717) is 6.42 Å². The molecule has 4 heteroatoms. The van der Waals surface area contributed by atoms with E-state index >= 15 is 0 Å². The number of aliphatic hydroxyl groups excluding tert-OH is 2. The first-order valence-electron chi connectivity index (χ1n) is 37.4. The minimum atomic E-state index is -0.879. The molecule has 0 saturated heterocycles. The first kappa shape index (κ1) is 82.5. The van der Waals surface area contributed by atoms with Crippen LogP contribution in [0.3, 0.4) is 0 Å². The molecule has 0 aliphatic carbocycles. The van der Waals surface area contributed by atoms with Gasteiger partial charge in [0.05, 0.1) is 18.8 Å². The number of hydrogen-bond donors (Lipinski definition) is 3. The third-order valence-corrected chi connectivity index (χ3v) is 16.6. The normalized spacial score (nSPS) is 13.5. The Morgan fingerprint density at radius 1 is 0.291 bits per heavy atom. The zero-order valence-electron chi connectivity index (χ0n) is 57.0. The van der Waals surface area contributed by atoms with Crippen LogP contribution in [0.2, 0.25) is 0 Å². The van der Waals surface area contributed by atoms with Crippen molar-refractivity contribution in [2.75, 3.05) is 6.61 Å². The Hall–Kier alpha value is -3.47. The quantitative estimate of drug-likeness (QED) is 0.0420. The predicted molar refractivity (Wildman–Crippen MR) is 386 cm³/mol. The molecule has 0 aromatic rings. The summed E-state index contributed by atoms with van der Waals surface area (Å²) in [6.07, 6.45) is 117. The summed E-state index contributed by atoms with van der Waals surface area (Å²) in [5.74, 6) is -0.0779. The van der Waals surface area contributed by atoms with E-state index in [1.807, 2.05) is 6.08 Å². The fraction of sp³-hybridized carbons (Fsp3) is 0.720. The minimum Gasteiger partial charge on any atom is -0.394 e. The molecular weight excluding hydrogens is 1050 g/mol. The number of allylic oxidation sites excluding steroid dienone is 21. The Labute approximate surface area is 536 Å². The van der Waals surface area contributed by atoms with Gasteiger partial charge in [-0.15, -0.1) is 0 Å². The van der Waals surface area contributed by atoms with Gasteiger partial charge in [0, 0.05) is 6.42 Å². The topological polar surface area (TPSA) is 69.6 Å². The molecule has 0 aliphatic rings. The van der Waals surface area contributed by atoms with Crippen molar-refractivity contribution >= 4 is 5.91 Å². The van der Waals surface area contributed by atoms with Gasteiger partial charge in [0.2, 0.25) is 5.91 Å². The van der Waals surface area contributed by atoms with Crippen molar-refractivity contribution in [3.8, 4) is 0 Å². The highest BCUT2D eigenvalue weighted by atomic mass is 16.3. The summed E-state index contributed by atoms with van der Waals surface area (Å²) in [5.41, 5.74) is 0. The number of hydrogen-bond acceptors (Lipinski definition) is 3. The highest BCUT2D eigenvalue weighted by molar-refractivity contribution is 5.76. The lowest BCUT2D eigenvalue weighted by Crippen LogP contribution is -2.45. The van der Waals surface area contributed by atoms with Crippen LogP contribution in [0.25, 0.3) is 0 Å². The van der Waals surface area contributed by atoms with E-state index in [1.54, 1.807) is 6.08 Å². The molecule has 0 heterocycles. The SMILES string of the molecule is CC/C=C\C/C=C\C/C=C\C/C=C\C/C=C\C/C=C\C/C=C\C/C=C\CCCCCCCCCCCCCCCCCCC(=O)NC(CO)C(O)/C=C/CC/C=C/CC/C=C/CCCCCCCCCCCCCCCCCCCCCCCCC. The molecule has 0 bridgehead atoms. The summed E-state index contributed by atoms with van der Waals surface area (Å²) in [4.78, 5) is 12.6. The second-order valence-electron chi connectivity index (χ2n) is 25.0. The number of carbonyl (C=O) groups excluding carboxylic acids is 1. The molecule has 0 aliphatic heterocycles. The average molecular weight is 1190 g/mol. The van der Waals surface area contributed by atoms with Gasteiger partial charge in [0.25, 0.3) is 0 Å². The van der Waals surface area contributed by atoms with Gasteiger partial charge in [-0.1, -0.05) is 379 Å². The molecule has 0 rings (SSSR count). The van der Waals surface area contributed by atoms with Crippen molar-refractivity contribution in [2.24, 2.45) is 0 Å². The van der Waals surface area contributed by atoms with E-state index in [2.05, 4.69) is 141 Å². The van der Waals surface area contributed by atoms with Gasteiger partial charge in [-0.3, -0.25) is 4.79 Å². The van der Waals surface area contributed by atoms with Crippen LogP contribution in [0.5, 0.6) is 0 Å². The Kier molecular flexibility index (Phi) is 72.7. The molecule has 0 saturated carbocycles. The van der Waals surface area contributed by atoms with E-state index in [9.17, 15) is 15.0 Å². The van der Waals surface area contributed by atoms with Crippen LogP contribution in [0.1, 0.15) is 361 Å². The highest BCUT2D eigenvalue weighted by Crippen LogP contribution is 2.18. The smallest absolute Gasteiger partial charge is 0.220 e. The number of unbranched alkanes of at least 4 members (excludes halogenated alkanes) is 41. The Bertz CT molecular complexity index is 1690. The van der Waals surface area contributed by atoms with Crippen LogP contribution in [0.4, 0.5) is 0 Å². The molecule has 0 aromatic heterocycles. The Morgan fingerprint density at radius 2 is 0.523 bits per heavy atom. The fourth-order valence-electron chi connectivity index (χ4n) is 11.0. The first-order valence-corrected chi connectivity index (χ1v) is 37.4. The summed E-state index contributed by atoms with van der Waals surface area (Å²) >= 11 is 0. The van der Waals surface area contributed by atoms with Crippen LogP contribution in [0, 0.1) is 0 Å². The van der Waals surface area contributed by atoms with E-state index < -0.39 is 12.1 Å². The lowest BCUT2D eigenvalue weighted by molar-refractivity contribution is -0.123. The second kappa shape index (κ2) is 75.8. The number of carbonyl (C=O) groups is 1. The third kappa shape index (κ3) is 71.3. The van der Waals surface area contributed by atoms with Crippen molar-refractivity contribution < 1.29 is 15.0 Å². The summed E-state index contributed by atoms with van der Waals surface area (Å²) in [7, 11) is 0. The maximum absolute atomic E-state index is 12.6. The van der Waals surface area contributed by atoms with Crippen LogP contribution in [-0.4, -0.2) is 34.9 Å². The molecule has 2 atom stereocenters. The molecule has 0 radical (unpaired) electrons. The van der Waals surface area contributed by atoms with Crippen molar-refractivity contribution in [2.45, 2.75) is 373 Å². The van der Waals surface area contributed by atoms with Gasteiger partial charge in [-0.05, 0) is 109 Å². The highest BCUT2D eigenvalue weighted by Gasteiger charge is 2.18. The maximum Gasteiger partial charge on any atom is 0.220 e. The van der Waals surface area contributed by atoms with E-state index in [0.717, 1.165) is 89.9 Å². The molecular formula is C82H143NO3. The Balaban J connectivity index is 3.53. The van der Waals surface area contributed by atoms with Gasteiger partial charge in [0.1, 0.15) is 0 Å². The van der Waals surface area contributed by atoms with E-state index in [4.69, 9.17) is 0 Å². The summed E-state index contributed by atoms with van der Waals surface area (Å²) < 4.78 is 0. The standard InChI is InChI=1S/C82H143NO3/c1-3-5-7-9-11-13-15-17-19-21-23-25-27-29-31-33-35-37-38-39-40-41-42-43-44-46-48-50-52-54-56-58-60-62-64-66-68-70-72-74-76-78-82(86)83-80(79-84)81(85)77-75-73-71-69-67-65-63-61-59-57-55-53-51-49-47-45-36-34-32-30-28-26-24-22-20-18-16-14-12-10-8-6-4-2/h5,7,11,13,17,19,23,25,29,31,35,37,39-40,42-43,59,61,67,69,75,77,80-81,84-85H,3-4,6,8-10,12,14-16,18,20-22,24,26-28,30,32-34,36,38,41,44-58,60,62-66,68,70-74,76,78-79H2,1-2H3,(H,83,86)/b7-5-,13-11-,19-17-,25-23-,31-29-,37-35-,40-39-,43-42-,61-59+,69-67+,77-75+. The maximum atomic E-state index is 12.6. The number of amides is 1. The molecule has 494 valence electrons. The number of nitrogens with one attached hydrogen (secondary N) is 1. The average Bonchev–Trinajstić information content (AvgIpc) is 3.59.